The molecule has 0 heterocycles. The Bertz CT molecular complexity index is 687. The van der Waals surface area contributed by atoms with E-state index in [0.29, 0.717) is 10.8 Å². The zero-order valence-electron chi connectivity index (χ0n) is 22.3. The van der Waals surface area contributed by atoms with Crippen LogP contribution in [0.5, 0.6) is 0 Å². The molecule has 33 heavy (non-hydrogen) atoms. The minimum absolute atomic E-state index is 0.0766. The lowest BCUT2D eigenvalue weighted by Crippen LogP contribution is -2.50. The summed E-state index contributed by atoms with van der Waals surface area (Å²) in [5.41, 5.74) is 2.60. The largest absolute Gasteiger partial charge is 0.474 e. The third-order valence-electron chi connectivity index (χ3n) is 10.5. The number of aliphatic hydroxyl groups excluding tert-OH is 1. The third kappa shape index (κ3) is 5.47. The van der Waals surface area contributed by atoms with Gasteiger partial charge in [0.1, 0.15) is 0 Å². The molecule has 2 nitrogen and oxygen atoms in total. The molecule has 1 N–H and O–H groups in total. The molecular formula is C31H52O2. The topological polar surface area (TPSA) is 29.5 Å². The molecule has 2 heteroatoms. The van der Waals surface area contributed by atoms with E-state index in [2.05, 4.69) is 58.6 Å². The van der Waals surface area contributed by atoms with Crippen molar-refractivity contribution in [1.82, 2.24) is 0 Å². The fraction of sp³-hybridized carbons (Fsp3) is 0.806. The Morgan fingerprint density at radius 1 is 1.03 bits per heavy atom. The third-order valence-corrected chi connectivity index (χ3v) is 10.5. The number of fused-ring (bicyclic) bond motifs is 5. The molecule has 4 aliphatic rings. The van der Waals surface area contributed by atoms with Crippen molar-refractivity contribution >= 4 is 0 Å². The first kappa shape index (κ1) is 26.6. The van der Waals surface area contributed by atoms with E-state index >= 15 is 0 Å². The van der Waals surface area contributed by atoms with Crippen LogP contribution in [0.3, 0.4) is 0 Å². The van der Waals surface area contributed by atoms with Gasteiger partial charge in [0.2, 0.25) is 0 Å². The van der Waals surface area contributed by atoms with Crippen molar-refractivity contribution in [3.8, 4) is 0 Å². The van der Waals surface area contributed by atoms with E-state index in [9.17, 15) is 5.11 Å². The maximum Gasteiger partial charge on any atom is 0.0829 e. The van der Waals surface area contributed by atoms with Gasteiger partial charge in [-0.05, 0) is 97.7 Å². The van der Waals surface area contributed by atoms with Crippen LogP contribution < -0.4 is 0 Å². The lowest BCUT2D eigenvalue weighted by Gasteiger charge is -2.58. The number of hydrogen-bond acceptors (Lipinski definition) is 2. The summed E-state index contributed by atoms with van der Waals surface area (Å²) in [4.78, 5) is 0. The molecular weight excluding hydrogens is 404 g/mol. The Kier molecular flexibility index (Phi) is 8.98. The molecule has 4 aliphatic carbocycles. The highest BCUT2D eigenvalue weighted by molar-refractivity contribution is 5.25. The fourth-order valence-corrected chi connectivity index (χ4v) is 8.73. The minimum Gasteiger partial charge on any atom is -0.474 e. The molecule has 3 saturated carbocycles. The molecule has 0 spiro atoms. The standard InChI is InChI=1S/C27H46O.C4H6O/c1-18(2)7-6-8-19(3)23-11-12-24-22-10-9-20-17-21(28)13-15-26(20,4)25(22)14-16-27(23,24)5;1-3-5-4-2/h9,18-19,21-25,28H,6-8,10-17H2,1-5H3;3-4H,1-2H2/t19-,21+,22+,23-,24+,25+,26+,27-;/m1./s1. The molecule has 0 bridgehead atoms. The van der Waals surface area contributed by atoms with Crippen molar-refractivity contribution in [1.29, 1.82) is 0 Å². The Hall–Kier alpha value is -1.02. The summed E-state index contributed by atoms with van der Waals surface area (Å²) in [5, 5.41) is 10.2. The Morgan fingerprint density at radius 3 is 2.39 bits per heavy atom. The Morgan fingerprint density at radius 2 is 1.76 bits per heavy atom. The number of hydrogen-bond donors (Lipinski definition) is 1. The summed E-state index contributed by atoms with van der Waals surface area (Å²) < 4.78 is 4.36. The van der Waals surface area contributed by atoms with Crippen molar-refractivity contribution in [3.05, 3.63) is 37.3 Å². The average molecular weight is 457 g/mol. The predicted molar refractivity (Wildman–Crippen MR) is 141 cm³/mol. The van der Waals surface area contributed by atoms with Crippen LogP contribution >= 0.6 is 0 Å². The number of allylic oxidation sites excluding steroid dienone is 1. The molecule has 0 aromatic carbocycles. The van der Waals surface area contributed by atoms with Gasteiger partial charge >= 0.3 is 0 Å². The van der Waals surface area contributed by atoms with Gasteiger partial charge in [0, 0.05) is 0 Å². The van der Waals surface area contributed by atoms with E-state index in [4.69, 9.17) is 0 Å². The number of aliphatic hydroxyl groups is 1. The average Bonchev–Trinajstić information content (AvgIpc) is 3.12. The van der Waals surface area contributed by atoms with Crippen molar-refractivity contribution < 1.29 is 9.84 Å². The van der Waals surface area contributed by atoms with Crippen molar-refractivity contribution in [2.75, 3.05) is 0 Å². The minimum atomic E-state index is -0.0766. The van der Waals surface area contributed by atoms with Crippen molar-refractivity contribution in [2.24, 2.45) is 46.3 Å². The van der Waals surface area contributed by atoms with Crippen LogP contribution in [0.4, 0.5) is 0 Å². The summed E-state index contributed by atoms with van der Waals surface area (Å²) in [6, 6.07) is 0. The molecule has 0 radical (unpaired) electrons. The predicted octanol–water partition coefficient (Wildman–Crippen LogP) is 8.68. The first-order valence-corrected chi connectivity index (χ1v) is 13.9. The maximum atomic E-state index is 10.2. The molecule has 0 unspecified atom stereocenters. The van der Waals surface area contributed by atoms with Gasteiger partial charge in [-0.3, -0.25) is 0 Å². The maximum absolute atomic E-state index is 10.2. The molecule has 4 rings (SSSR count). The van der Waals surface area contributed by atoms with Gasteiger partial charge in [0.25, 0.3) is 0 Å². The Balaban J connectivity index is 0.000000555. The van der Waals surface area contributed by atoms with Crippen LogP contribution in [0.15, 0.2) is 37.3 Å². The smallest absolute Gasteiger partial charge is 0.0829 e. The van der Waals surface area contributed by atoms with E-state index in [1.54, 1.807) is 5.57 Å². The molecule has 188 valence electrons. The van der Waals surface area contributed by atoms with Crippen LogP contribution in [-0.2, 0) is 4.74 Å². The second-order valence-electron chi connectivity index (χ2n) is 12.7. The zero-order chi connectivity index (χ0) is 24.2. The van der Waals surface area contributed by atoms with Gasteiger partial charge in [-0.1, -0.05) is 78.7 Å². The van der Waals surface area contributed by atoms with E-state index in [0.717, 1.165) is 48.3 Å². The highest BCUT2D eigenvalue weighted by atomic mass is 16.5. The summed E-state index contributed by atoms with van der Waals surface area (Å²) in [6.07, 6.45) is 19.8. The highest BCUT2D eigenvalue weighted by Crippen LogP contribution is 2.67. The lowest BCUT2D eigenvalue weighted by molar-refractivity contribution is -0.0573. The van der Waals surface area contributed by atoms with Gasteiger partial charge in [-0.25, -0.2) is 0 Å². The molecule has 8 atom stereocenters. The molecule has 0 saturated heterocycles. The van der Waals surface area contributed by atoms with Gasteiger partial charge < -0.3 is 9.84 Å². The van der Waals surface area contributed by atoms with Crippen LogP contribution in [0.2, 0.25) is 0 Å². The van der Waals surface area contributed by atoms with E-state index < -0.39 is 0 Å². The normalized spacial score (nSPS) is 40.3. The SMILES string of the molecule is C=COC=C.CC(C)CCC[C@@H](C)[C@H]1CC[C@H]2[C@@H]3CC=C4C[C@@H](O)CC[C@]4(C)[C@H]3CC[C@]12C. The molecule has 0 aromatic heterocycles. The zero-order valence-corrected chi connectivity index (χ0v) is 22.3. The van der Waals surface area contributed by atoms with Crippen molar-refractivity contribution in [2.45, 2.75) is 111 Å². The Labute approximate surface area is 205 Å². The van der Waals surface area contributed by atoms with Crippen molar-refractivity contribution in [3.63, 3.8) is 0 Å². The van der Waals surface area contributed by atoms with Crippen LogP contribution in [0, 0.1) is 46.3 Å². The van der Waals surface area contributed by atoms with Crippen LogP contribution in [-0.4, -0.2) is 11.2 Å². The summed E-state index contributed by atoms with van der Waals surface area (Å²) in [6.45, 7) is 19.1. The number of ether oxygens (including phenoxy) is 1. The first-order chi connectivity index (χ1) is 15.7. The second-order valence-corrected chi connectivity index (χ2v) is 12.7. The van der Waals surface area contributed by atoms with Gasteiger partial charge in [0.05, 0.1) is 18.6 Å². The quantitative estimate of drug-likeness (QED) is 0.307. The summed E-state index contributed by atoms with van der Waals surface area (Å²) >= 11 is 0. The summed E-state index contributed by atoms with van der Waals surface area (Å²) in [7, 11) is 0. The van der Waals surface area contributed by atoms with Crippen LogP contribution in [0.25, 0.3) is 0 Å². The van der Waals surface area contributed by atoms with Crippen LogP contribution in [0.1, 0.15) is 105 Å². The highest BCUT2D eigenvalue weighted by Gasteiger charge is 2.59. The van der Waals surface area contributed by atoms with E-state index in [1.807, 2.05) is 0 Å². The summed E-state index contributed by atoms with van der Waals surface area (Å²) in [5.74, 6) is 5.46. The van der Waals surface area contributed by atoms with Gasteiger partial charge in [-0.15, -0.1) is 0 Å². The lowest BCUT2D eigenvalue weighted by atomic mass is 9.47. The van der Waals surface area contributed by atoms with Gasteiger partial charge in [-0.2, -0.15) is 0 Å². The molecule has 0 aromatic rings. The molecule has 0 amide bonds. The first-order valence-electron chi connectivity index (χ1n) is 13.9. The number of rotatable bonds is 7. The van der Waals surface area contributed by atoms with E-state index in [1.165, 1.54) is 70.3 Å². The van der Waals surface area contributed by atoms with E-state index in [-0.39, 0.29) is 6.10 Å². The molecule has 3 fully saturated rings. The fourth-order valence-electron chi connectivity index (χ4n) is 8.73. The monoisotopic (exact) mass is 456 g/mol. The van der Waals surface area contributed by atoms with Gasteiger partial charge in [0.15, 0.2) is 0 Å². The second kappa shape index (κ2) is 11.1. The molecule has 0 aliphatic heterocycles.